The summed E-state index contributed by atoms with van der Waals surface area (Å²) in [6.07, 6.45) is 0. The van der Waals surface area contributed by atoms with Crippen molar-refractivity contribution in [2.24, 2.45) is 5.73 Å². The van der Waals surface area contributed by atoms with E-state index in [0.29, 0.717) is 18.4 Å². The normalized spacial score (nSPS) is 13.1. The lowest BCUT2D eigenvalue weighted by Gasteiger charge is -2.10. The topological polar surface area (TPSA) is 66.0 Å². The van der Waals surface area contributed by atoms with Crippen LogP contribution in [0.15, 0.2) is 5.16 Å². The summed E-state index contributed by atoms with van der Waals surface area (Å²) in [5.41, 5.74) is 5.54. The molecule has 1 aromatic heterocycles. The van der Waals surface area contributed by atoms with Crippen LogP contribution in [-0.4, -0.2) is 40.3 Å². The molecule has 5 nitrogen and oxygen atoms in total. The predicted octanol–water partition coefficient (Wildman–Crippen LogP) is 0.672. The zero-order valence-electron chi connectivity index (χ0n) is 9.43. The van der Waals surface area contributed by atoms with Crippen molar-refractivity contribution in [3.8, 4) is 0 Å². The second-order valence-corrected chi connectivity index (χ2v) is 4.76. The molecule has 0 aliphatic rings. The molecule has 0 radical (unpaired) electrons. The third-order valence-electron chi connectivity index (χ3n) is 1.96. The molecule has 0 amide bonds. The fourth-order valence-electron chi connectivity index (χ4n) is 1.28. The maximum atomic E-state index is 5.54. The van der Waals surface area contributed by atoms with Crippen molar-refractivity contribution in [1.82, 2.24) is 14.8 Å². The molecule has 0 aliphatic carbocycles. The zero-order chi connectivity index (χ0) is 11.3. The minimum absolute atomic E-state index is 0.370. The highest BCUT2D eigenvalue weighted by molar-refractivity contribution is 7.99. The maximum absolute atomic E-state index is 5.54. The summed E-state index contributed by atoms with van der Waals surface area (Å²) >= 11 is 1.66. The number of nitrogens with zero attached hydrogens (tertiary/aromatic N) is 3. The van der Waals surface area contributed by atoms with E-state index < -0.39 is 0 Å². The van der Waals surface area contributed by atoms with Gasteiger partial charge < -0.3 is 15.0 Å². The Morgan fingerprint density at radius 2 is 2.27 bits per heavy atom. The van der Waals surface area contributed by atoms with Crippen LogP contribution in [0.5, 0.6) is 0 Å². The molecule has 0 saturated heterocycles. The van der Waals surface area contributed by atoms with Gasteiger partial charge in [-0.3, -0.25) is 0 Å². The molecule has 0 saturated carbocycles. The van der Waals surface area contributed by atoms with Gasteiger partial charge in [0.05, 0.1) is 6.61 Å². The van der Waals surface area contributed by atoms with Crippen LogP contribution in [0.2, 0.25) is 0 Å². The molecule has 0 spiro atoms. The molecule has 2 N–H and O–H groups in total. The lowest BCUT2D eigenvalue weighted by atomic mass is 10.5. The van der Waals surface area contributed by atoms with Crippen LogP contribution in [0.3, 0.4) is 0 Å². The van der Waals surface area contributed by atoms with Gasteiger partial charge in [-0.05, 0) is 6.92 Å². The number of thioether (sulfide) groups is 1. The summed E-state index contributed by atoms with van der Waals surface area (Å²) in [6.45, 7) is 6.11. The van der Waals surface area contributed by atoms with Gasteiger partial charge in [0.2, 0.25) is 0 Å². The minimum Gasteiger partial charge on any atom is -0.384 e. The third kappa shape index (κ3) is 3.48. The van der Waals surface area contributed by atoms with E-state index in [-0.39, 0.29) is 0 Å². The lowest BCUT2D eigenvalue weighted by Crippen LogP contribution is -2.14. The molecule has 1 atom stereocenters. The van der Waals surface area contributed by atoms with E-state index in [2.05, 4.69) is 17.1 Å². The highest BCUT2D eigenvalue weighted by atomic mass is 32.2. The van der Waals surface area contributed by atoms with Crippen molar-refractivity contribution in [2.75, 3.05) is 20.3 Å². The van der Waals surface area contributed by atoms with Crippen LogP contribution in [-0.2, 0) is 11.3 Å². The number of nitrogens with two attached hydrogens (primary N) is 1. The first-order valence-corrected chi connectivity index (χ1v) is 5.82. The van der Waals surface area contributed by atoms with Crippen LogP contribution < -0.4 is 5.73 Å². The Morgan fingerprint density at radius 1 is 1.53 bits per heavy atom. The summed E-state index contributed by atoms with van der Waals surface area (Å²) in [7, 11) is 1.70. The fourth-order valence-corrected chi connectivity index (χ4v) is 2.29. The van der Waals surface area contributed by atoms with Crippen molar-refractivity contribution in [1.29, 1.82) is 0 Å². The van der Waals surface area contributed by atoms with Crippen LogP contribution in [0, 0.1) is 6.92 Å². The smallest absolute Gasteiger partial charge is 0.191 e. The highest BCUT2D eigenvalue weighted by Crippen LogP contribution is 2.21. The monoisotopic (exact) mass is 230 g/mol. The van der Waals surface area contributed by atoms with Crippen molar-refractivity contribution in [3.63, 3.8) is 0 Å². The Labute approximate surface area is 94.4 Å². The van der Waals surface area contributed by atoms with E-state index >= 15 is 0 Å². The Balaban J connectivity index is 2.67. The Kier molecular flexibility index (Phi) is 5.07. The molecule has 1 aromatic rings. The zero-order valence-corrected chi connectivity index (χ0v) is 10.3. The molecule has 1 heterocycles. The van der Waals surface area contributed by atoms with E-state index in [0.717, 1.165) is 17.5 Å². The summed E-state index contributed by atoms with van der Waals surface area (Å²) in [5, 5.41) is 9.45. The van der Waals surface area contributed by atoms with Gasteiger partial charge >= 0.3 is 0 Å². The van der Waals surface area contributed by atoms with E-state index in [4.69, 9.17) is 10.5 Å². The van der Waals surface area contributed by atoms with E-state index in [1.807, 2.05) is 11.5 Å². The molecule has 0 bridgehead atoms. The van der Waals surface area contributed by atoms with Crippen molar-refractivity contribution in [3.05, 3.63) is 5.82 Å². The first-order valence-electron chi connectivity index (χ1n) is 4.94. The minimum atomic E-state index is 0.370. The number of hydrogen-bond acceptors (Lipinski definition) is 5. The summed E-state index contributed by atoms with van der Waals surface area (Å²) in [4.78, 5) is 0. The SMILES string of the molecule is COCC(C)Sc1nnc(C)n1CCN. The molecule has 0 aliphatic heterocycles. The van der Waals surface area contributed by atoms with Gasteiger partial charge in [0.25, 0.3) is 0 Å². The van der Waals surface area contributed by atoms with Gasteiger partial charge in [-0.1, -0.05) is 18.7 Å². The molecular formula is C9H18N4OS. The van der Waals surface area contributed by atoms with Gasteiger partial charge in [-0.25, -0.2) is 0 Å². The molecule has 15 heavy (non-hydrogen) atoms. The van der Waals surface area contributed by atoms with Crippen LogP contribution >= 0.6 is 11.8 Å². The van der Waals surface area contributed by atoms with Gasteiger partial charge in [-0.15, -0.1) is 10.2 Å². The number of hydrogen-bond donors (Lipinski definition) is 1. The number of rotatable bonds is 6. The Morgan fingerprint density at radius 3 is 2.87 bits per heavy atom. The van der Waals surface area contributed by atoms with Crippen molar-refractivity contribution < 1.29 is 4.74 Å². The average molecular weight is 230 g/mol. The fraction of sp³-hybridized carbons (Fsp3) is 0.778. The van der Waals surface area contributed by atoms with E-state index in [9.17, 15) is 0 Å². The number of aromatic nitrogens is 3. The van der Waals surface area contributed by atoms with E-state index in [1.54, 1.807) is 18.9 Å². The number of methoxy groups -OCH3 is 1. The summed E-state index contributed by atoms with van der Waals surface area (Å²) in [6, 6.07) is 0. The summed E-state index contributed by atoms with van der Waals surface area (Å²) < 4.78 is 7.12. The van der Waals surface area contributed by atoms with E-state index in [1.165, 1.54) is 0 Å². The largest absolute Gasteiger partial charge is 0.384 e. The third-order valence-corrected chi connectivity index (χ3v) is 3.01. The van der Waals surface area contributed by atoms with Crippen LogP contribution in [0.25, 0.3) is 0 Å². The lowest BCUT2D eigenvalue weighted by molar-refractivity contribution is 0.203. The maximum Gasteiger partial charge on any atom is 0.191 e. The summed E-state index contributed by atoms with van der Waals surface area (Å²) in [5.74, 6) is 0.910. The van der Waals surface area contributed by atoms with Crippen molar-refractivity contribution >= 4 is 11.8 Å². The second kappa shape index (κ2) is 6.09. The first-order chi connectivity index (χ1) is 7.19. The van der Waals surface area contributed by atoms with Crippen molar-refractivity contribution in [2.45, 2.75) is 30.8 Å². The second-order valence-electron chi connectivity index (χ2n) is 3.35. The highest BCUT2D eigenvalue weighted by Gasteiger charge is 2.12. The van der Waals surface area contributed by atoms with Gasteiger partial charge in [0.15, 0.2) is 5.16 Å². The molecule has 1 rings (SSSR count). The first kappa shape index (κ1) is 12.5. The van der Waals surface area contributed by atoms with Gasteiger partial charge in [-0.2, -0.15) is 0 Å². The van der Waals surface area contributed by atoms with Gasteiger partial charge in [0, 0.05) is 25.4 Å². The molecule has 86 valence electrons. The van der Waals surface area contributed by atoms with Crippen LogP contribution in [0.4, 0.5) is 0 Å². The number of ether oxygens (including phenoxy) is 1. The van der Waals surface area contributed by atoms with Crippen LogP contribution in [0.1, 0.15) is 12.7 Å². The molecule has 0 fully saturated rings. The number of aryl methyl sites for hydroxylation is 1. The Hall–Kier alpha value is -0.590. The predicted molar refractivity (Wildman–Crippen MR) is 61.0 cm³/mol. The standard InChI is InChI=1S/C9H18N4OS/c1-7(6-14-3)15-9-12-11-8(2)13(9)5-4-10/h7H,4-6,10H2,1-3H3. The molecule has 1 unspecified atom stereocenters. The quantitative estimate of drug-likeness (QED) is 0.728. The average Bonchev–Trinajstić information content (AvgIpc) is 2.51. The molecular weight excluding hydrogens is 212 g/mol. The Bertz CT molecular complexity index is 302. The molecule has 0 aromatic carbocycles. The van der Waals surface area contributed by atoms with Gasteiger partial charge in [0.1, 0.15) is 5.82 Å². The molecule has 6 heteroatoms.